The molecule has 1 heterocycles. The zero-order chi connectivity index (χ0) is 10.1. The predicted molar refractivity (Wildman–Crippen MR) is 58.4 cm³/mol. The van der Waals surface area contributed by atoms with Gasteiger partial charge in [0.15, 0.2) is 0 Å². The quantitative estimate of drug-likeness (QED) is 0.791. The maximum Gasteiger partial charge on any atom is 0.0520 e. The van der Waals surface area contributed by atoms with E-state index in [9.17, 15) is 5.11 Å². The molecule has 1 rings (SSSR count). The Kier molecular flexibility index (Phi) is 3.14. The lowest BCUT2D eigenvalue weighted by atomic mass is 9.85. The molecule has 0 aromatic carbocycles. The van der Waals surface area contributed by atoms with Crippen LogP contribution in [0, 0.1) is 6.92 Å². The molecule has 1 nitrogen and oxygen atoms in total. The Bertz CT molecular complexity index is 273. The van der Waals surface area contributed by atoms with Crippen LogP contribution >= 0.6 is 11.3 Å². The summed E-state index contributed by atoms with van der Waals surface area (Å²) in [5.41, 5.74) is 0.104. The van der Waals surface area contributed by atoms with Gasteiger partial charge in [-0.05, 0) is 32.4 Å². The first-order valence-corrected chi connectivity index (χ1v) is 5.48. The SMILES string of the molecule is Cc1ccc(C(C)(C)CC(C)O)s1. The van der Waals surface area contributed by atoms with Crippen molar-refractivity contribution in [2.75, 3.05) is 0 Å². The van der Waals surface area contributed by atoms with Crippen LogP contribution in [-0.2, 0) is 5.41 Å². The Hall–Kier alpha value is -0.340. The number of rotatable bonds is 3. The van der Waals surface area contributed by atoms with Gasteiger partial charge >= 0.3 is 0 Å². The van der Waals surface area contributed by atoms with Crippen LogP contribution < -0.4 is 0 Å². The van der Waals surface area contributed by atoms with Crippen molar-refractivity contribution < 1.29 is 5.11 Å². The summed E-state index contributed by atoms with van der Waals surface area (Å²) in [6.45, 7) is 8.34. The molecule has 0 fully saturated rings. The first-order chi connectivity index (χ1) is 5.92. The van der Waals surface area contributed by atoms with Crippen LogP contribution in [0.1, 0.15) is 36.9 Å². The molecule has 1 unspecified atom stereocenters. The first kappa shape index (κ1) is 10.7. The zero-order valence-electron chi connectivity index (χ0n) is 8.79. The average Bonchev–Trinajstić information content (AvgIpc) is 2.32. The Morgan fingerprint density at radius 3 is 2.46 bits per heavy atom. The van der Waals surface area contributed by atoms with E-state index >= 15 is 0 Å². The topological polar surface area (TPSA) is 20.2 Å². The third-order valence-corrected chi connectivity index (χ3v) is 3.58. The van der Waals surface area contributed by atoms with E-state index in [1.165, 1.54) is 9.75 Å². The minimum absolute atomic E-state index is 0.104. The van der Waals surface area contributed by atoms with E-state index < -0.39 is 0 Å². The fourth-order valence-electron chi connectivity index (χ4n) is 1.64. The van der Waals surface area contributed by atoms with Crippen LogP contribution in [0.3, 0.4) is 0 Å². The Labute approximate surface area is 84.4 Å². The van der Waals surface area contributed by atoms with Crippen molar-refractivity contribution >= 4 is 11.3 Å². The molecule has 1 N–H and O–H groups in total. The number of thiophene rings is 1. The second-order valence-electron chi connectivity index (χ2n) is 4.35. The highest BCUT2D eigenvalue weighted by molar-refractivity contribution is 7.12. The minimum Gasteiger partial charge on any atom is -0.393 e. The highest BCUT2D eigenvalue weighted by Crippen LogP contribution is 2.33. The van der Waals surface area contributed by atoms with Crippen molar-refractivity contribution in [1.82, 2.24) is 0 Å². The van der Waals surface area contributed by atoms with Crippen LogP contribution in [0.5, 0.6) is 0 Å². The van der Waals surface area contributed by atoms with Gasteiger partial charge in [0.1, 0.15) is 0 Å². The molecule has 0 saturated heterocycles. The largest absolute Gasteiger partial charge is 0.393 e. The molecular formula is C11H18OS. The fraction of sp³-hybridized carbons (Fsp3) is 0.636. The molecule has 0 saturated carbocycles. The smallest absolute Gasteiger partial charge is 0.0520 e. The highest BCUT2D eigenvalue weighted by Gasteiger charge is 2.23. The molecule has 1 aromatic rings. The van der Waals surface area contributed by atoms with E-state index in [1.54, 1.807) is 0 Å². The lowest BCUT2D eigenvalue weighted by Gasteiger charge is -2.24. The third kappa shape index (κ3) is 2.82. The van der Waals surface area contributed by atoms with Gasteiger partial charge in [0.2, 0.25) is 0 Å². The first-order valence-electron chi connectivity index (χ1n) is 4.67. The average molecular weight is 198 g/mol. The van der Waals surface area contributed by atoms with Crippen molar-refractivity contribution in [2.45, 2.75) is 45.6 Å². The van der Waals surface area contributed by atoms with Gasteiger partial charge in [-0.3, -0.25) is 0 Å². The Morgan fingerprint density at radius 1 is 1.46 bits per heavy atom. The summed E-state index contributed by atoms with van der Waals surface area (Å²) in [5, 5.41) is 9.36. The van der Waals surface area contributed by atoms with E-state index in [-0.39, 0.29) is 11.5 Å². The summed E-state index contributed by atoms with van der Waals surface area (Å²) < 4.78 is 0. The number of aliphatic hydroxyl groups is 1. The zero-order valence-corrected chi connectivity index (χ0v) is 9.61. The van der Waals surface area contributed by atoms with Crippen molar-refractivity contribution in [1.29, 1.82) is 0 Å². The summed E-state index contributed by atoms with van der Waals surface area (Å²) in [5.74, 6) is 0. The molecule has 0 aliphatic heterocycles. The number of aliphatic hydroxyl groups excluding tert-OH is 1. The molecule has 0 amide bonds. The summed E-state index contributed by atoms with van der Waals surface area (Å²) in [6, 6.07) is 4.31. The van der Waals surface area contributed by atoms with Crippen LogP contribution in [0.2, 0.25) is 0 Å². The molecule has 1 atom stereocenters. The lowest BCUT2D eigenvalue weighted by Crippen LogP contribution is -2.21. The van der Waals surface area contributed by atoms with E-state index in [0.29, 0.717) is 0 Å². The summed E-state index contributed by atoms with van der Waals surface area (Å²) in [4.78, 5) is 2.71. The molecule has 0 radical (unpaired) electrons. The highest BCUT2D eigenvalue weighted by atomic mass is 32.1. The van der Waals surface area contributed by atoms with E-state index in [0.717, 1.165) is 6.42 Å². The monoisotopic (exact) mass is 198 g/mol. The summed E-state index contributed by atoms with van der Waals surface area (Å²) >= 11 is 1.83. The fourth-order valence-corrected chi connectivity index (χ4v) is 2.62. The van der Waals surface area contributed by atoms with Gasteiger partial charge < -0.3 is 5.11 Å². The summed E-state index contributed by atoms with van der Waals surface area (Å²) in [7, 11) is 0. The molecule has 13 heavy (non-hydrogen) atoms. The number of aryl methyl sites for hydroxylation is 1. The van der Waals surface area contributed by atoms with Crippen LogP contribution in [0.25, 0.3) is 0 Å². The van der Waals surface area contributed by atoms with Crippen LogP contribution in [0.4, 0.5) is 0 Å². The van der Waals surface area contributed by atoms with Crippen LogP contribution in [0.15, 0.2) is 12.1 Å². The van der Waals surface area contributed by atoms with Crippen LogP contribution in [-0.4, -0.2) is 11.2 Å². The normalized spacial score (nSPS) is 14.5. The predicted octanol–water partition coefficient (Wildman–Crippen LogP) is 3.11. The Balaban J connectivity index is 2.80. The molecular weight excluding hydrogens is 180 g/mol. The summed E-state index contributed by atoms with van der Waals surface area (Å²) in [6.07, 6.45) is 0.602. The second-order valence-corrected chi connectivity index (χ2v) is 5.64. The molecule has 74 valence electrons. The Morgan fingerprint density at radius 2 is 2.08 bits per heavy atom. The van der Waals surface area contributed by atoms with Gasteiger partial charge in [-0.15, -0.1) is 11.3 Å². The van der Waals surface area contributed by atoms with E-state index in [1.807, 2.05) is 18.3 Å². The molecule has 1 aromatic heterocycles. The molecule has 0 aliphatic carbocycles. The van der Waals surface area contributed by atoms with Gasteiger partial charge in [0.05, 0.1) is 6.10 Å². The maximum atomic E-state index is 9.36. The van der Waals surface area contributed by atoms with Crippen molar-refractivity contribution in [3.8, 4) is 0 Å². The van der Waals surface area contributed by atoms with Crippen molar-refractivity contribution in [2.24, 2.45) is 0 Å². The van der Waals surface area contributed by atoms with Gasteiger partial charge in [-0.1, -0.05) is 13.8 Å². The van der Waals surface area contributed by atoms with Gasteiger partial charge in [-0.2, -0.15) is 0 Å². The maximum absolute atomic E-state index is 9.36. The molecule has 0 bridgehead atoms. The number of hydrogen-bond acceptors (Lipinski definition) is 2. The van der Waals surface area contributed by atoms with Crippen molar-refractivity contribution in [3.05, 3.63) is 21.9 Å². The van der Waals surface area contributed by atoms with E-state index in [2.05, 4.69) is 32.9 Å². The van der Waals surface area contributed by atoms with Gasteiger partial charge in [0, 0.05) is 15.2 Å². The third-order valence-electron chi connectivity index (χ3n) is 2.21. The molecule has 0 aliphatic rings. The van der Waals surface area contributed by atoms with E-state index in [4.69, 9.17) is 0 Å². The van der Waals surface area contributed by atoms with Gasteiger partial charge in [0.25, 0.3) is 0 Å². The van der Waals surface area contributed by atoms with Crippen molar-refractivity contribution in [3.63, 3.8) is 0 Å². The lowest BCUT2D eigenvalue weighted by molar-refractivity contribution is 0.158. The van der Waals surface area contributed by atoms with Gasteiger partial charge in [-0.25, -0.2) is 0 Å². The standard InChI is InChI=1S/C11H18OS/c1-8(12)7-11(3,4)10-6-5-9(2)13-10/h5-6,8,12H,7H2,1-4H3. The second kappa shape index (κ2) is 3.81. The minimum atomic E-state index is -0.225. The molecule has 0 spiro atoms. The molecule has 2 heteroatoms. The number of hydrogen-bond donors (Lipinski definition) is 1.